The average molecular weight is 517 g/mol. The molecule has 3 aromatic rings. The maximum absolute atomic E-state index is 12.7. The van der Waals surface area contributed by atoms with Crippen LogP contribution in [0.2, 0.25) is 0 Å². The molecular weight excluding hydrogens is 492 g/mol. The summed E-state index contributed by atoms with van der Waals surface area (Å²) in [7, 11) is -3.74. The second-order valence-corrected chi connectivity index (χ2v) is 10.1. The van der Waals surface area contributed by atoms with Gasteiger partial charge in [-0.25, -0.2) is 8.42 Å². The smallest absolute Gasteiger partial charge is 0.261 e. The molecule has 2 N–H and O–H groups in total. The van der Waals surface area contributed by atoms with E-state index in [4.69, 9.17) is 4.74 Å². The number of aryl methyl sites for hydroxylation is 2. The fourth-order valence-corrected chi connectivity index (χ4v) is 4.59. The molecule has 0 saturated heterocycles. The first-order valence-corrected chi connectivity index (χ1v) is 12.3. The number of carbonyl (C=O) groups is 1. The fourth-order valence-electron chi connectivity index (χ4n) is 3.06. The standard InChI is InChI=1S/C24H25BrN2O4S/c1-16-7-8-17(2)23(13-16)27-32(29,30)22-11-9-21(10-12-22)31-15-24(28)26-18(3)19-5-4-6-20(25)14-19/h4-14,18,27H,15H2,1-3H3,(H,26,28)/t18-/m1/s1. The quantitative estimate of drug-likeness (QED) is 0.434. The van der Waals surface area contributed by atoms with Crippen LogP contribution in [0.4, 0.5) is 5.69 Å². The van der Waals surface area contributed by atoms with Crippen LogP contribution in [0.1, 0.15) is 29.7 Å². The summed E-state index contributed by atoms with van der Waals surface area (Å²) >= 11 is 3.42. The average Bonchev–Trinajstić information content (AvgIpc) is 2.75. The maximum Gasteiger partial charge on any atom is 0.261 e. The topological polar surface area (TPSA) is 84.5 Å². The molecule has 32 heavy (non-hydrogen) atoms. The van der Waals surface area contributed by atoms with Crippen molar-refractivity contribution in [1.82, 2.24) is 5.32 Å². The van der Waals surface area contributed by atoms with Crippen LogP contribution in [0.5, 0.6) is 5.75 Å². The number of sulfonamides is 1. The zero-order chi connectivity index (χ0) is 23.3. The number of ether oxygens (including phenoxy) is 1. The number of hydrogen-bond acceptors (Lipinski definition) is 4. The van der Waals surface area contributed by atoms with Gasteiger partial charge in [-0.15, -0.1) is 0 Å². The zero-order valence-corrected chi connectivity index (χ0v) is 20.5. The Kier molecular flexibility index (Phi) is 7.58. The molecule has 0 bridgehead atoms. The molecule has 0 spiro atoms. The molecule has 0 radical (unpaired) electrons. The normalized spacial score (nSPS) is 12.1. The van der Waals surface area contributed by atoms with Gasteiger partial charge < -0.3 is 10.1 Å². The molecule has 0 aliphatic rings. The van der Waals surface area contributed by atoms with E-state index in [1.54, 1.807) is 6.07 Å². The molecule has 3 rings (SSSR count). The number of rotatable bonds is 8. The highest BCUT2D eigenvalue weighted by molar-refractivity contribution is 9.10. The van der Waals surface area contributed by atoms with Crippen LogP contribution in [-0.2, 0) is 14.8 Å². The van der Waals surface area contributed by atoms with Crippen LogP contribution in [0.15, 0.2) is 76.1 Å². The first kappa shape index (κ1) is 23.8. The molecule has 0 aromatic heterocycles. The lowest BCUT2D eigenvalue weighted by atomic mass is 10.1. The van der Waals surface area contributed by atoms with Gasteiger partial charge in [-0.3, -0.25) is 9.52 Å². The number of hydrogen-bond donors (Lipinski definition) is 2. The first-order valence-electron chi connectivity index (χ1n) is 10.0. The number of carbonyl (C=O) groups excluding carboxylic acids is 1. The van der Waals surface area contributed by atoms with Crippen molar-refractivity contribution in [3.63, 3.8) is 0 Å². The number of anilines is 1. The Balaban J connectivity index is 1.58. The molecule has 0 aliphatic heterocycles. The molecule has 0 fully saturated rings. The Labute approximate surface area is 197 Å². The van der Waals surface area contributed by atoms with E-state index in [2.05, 4.69) is 26.0 Å². The minimum atomic E-state index is -3.74. The van der Waals surface area contributed by atoms with Crippen molar-refractivity contribution in [2.24, 2.45) is 0 Å². The maximum atomic E-state index is 12.7. The zero-order valence-electron chi connectivity index (χ0n) is 18.1. The largest absolute Gasteiger partial charge is 0.484 e. The first-order chi connectivity index (χ1) is 15.1. The highest BCUT2D eigenvalue weighted by atomic mass is 79.9. The van der Waals surface area contributed by atoms with Gasteiger partial charge in [0.25, 0.3) is 15.9 Å². The Morgan fingerprint density at radius 1 is 1.03 bits per heavy atom. The van der Waals surface area contributed by atoms with Crippen molar-refractivity contribution in [3.05, 3.63) is 87.9 Å². The minimum Gasteiger partial charge on any atom is -0.484 e. The van der Waals surface area contributed by atoms with Crippen molar-refractivity contribution in [1.29, 1.82) is 0 Å². The molecule has 3 aromatic carbocycles. The third kappa shape index (κ3) is 6.34. The lowest BCUT2D eigenvalue weighted by Gasteiger charge is -2.15. The van der Waals surface area contributed by atoms with Crippen molar-refractivity contribution >= 4 is 37.5 Å². The number of halogens is 1. The van der Waals surface area contributed by atoms with Gasteiger partial charge in [-0.05, 0) is 79.9 Å². The minimum absolute atomic E-state index is 0.110. The van der Waals surface area contributed by atoms with E-state index >= 15 is 0 Å². The Hall–Kier alpha value is -2.84. The summed E-state index contributed by atoms with van der Waals surface area (Å²) in [6.07, 6.45) is 0. The van der Waals surface area contributed by atoms with Gasteiger partial charge in [-0.1, -0.05) is 40.2 Å². The van der Waals surface area contributed by atoms with Gasteiger partial charge in [-0.2, -0.15) is 0 Å². The van der Waals surface area contributed by atoms with Crippen LogP contribution in [0.25, 0.3) is 0 Å². The molecular formula is C24H25BrN2O4S. The highest BCUT2D eigenvalue weighted by Crippen LogP contribution is 2.23. The van der Waals surface area contributed by atoms with Gasteiger partial charge in [0.15, 0.2) is 6.61 Å². The summed E-state index contributed by atoms with van der Waals surface area (Å²) in [5.41, 5.74) is 3.31. The molecule has 0 heterocycles. The van der Waals surface area contributed by atoms with E-state index in [1.807, 2.05) is 57.2 Å². The summed E-state index contributed by atoms with van der Waals surface area (Å²) < 4.78 is 34.5. The third-order valence-electron chi connectivity index (χ3n) is 4.87. The van der Waals surface area contributed by atoms with Crippen LogP contribution in [0.3, 0.4) is 0 Å². The molecule has 0 aliphatic carbocycles. The Morgan fingerprint density at radius 2 is 1.75 bits per heavy atom. The van der Waals surface area contributed by atoms with E-state index in [-0.39, 0.29) is 23.5 Å². The summed E-state index contributed by atoms with van der Waals surface area (Å²) in [5.74, 6) is 0.131. The van der Waals surface area contributed by atoms with Gasteiger partial charge in [0.05, 0.1) is 16.6 Å². The molecule has 8 heteroatoms. The lowest BCUT2D eigenvalue weighted by Crippen LogP contribution is -2.31. The summed E-state index contributed by atoms with van der Waals surface area (Å²) in [6, 6.07) is 19.1. The third-order valence-corrected chi connectivity index (χ3v) is 6.74. The van der Waals surface area contributed by atoms with Crippen molar-refractivity contribution in [3.8, 4) is 5.75 Å². The van der Waals surface area contributed by atoms with Gasteiger partial charge in [0, 0.05) is 4.47 Å². The number of benzene rings is 3. The van der Waals surface area contributed by atoms with E-state index in [0.29, 0.717) is 11.4 Å². The van der Waals surface area contributed by atoms with Gasteiger partial charge in [0.1, 0.15) is 5.75 Å². The molecule has 0 unspecified atom stereocenters. The fraction of sp³-hybridized carbons (Fsp3) is 0.208. The van der Waals surface area contributed by atoms with Gasteiger partial charge >= 0.3 is 0 Å². The predicted octanol–water partition coefficient (Wildman–Crippen LogP) is 5.12. The molecule has 6 nitrogen and oxygen atoms in total. The van der Waals surface area contributed by atoms with Crippen LogP contribution in [-0.4, -0.2) is 20.9 Å². The second kappa shape index (κ2) is 10.2. The number of nitrogens with one attached hydrogen (secondary N) is 2. The van der Waals surface area contributed by atoms with E-state index < -0.39 is 10.0 Å². The van der Waals surface area contributed by atoms with Crippen molar-refractivity contribution in [2.45, 2.75) is 31.7 Å². The summed E-state index contributed by atoms with van der Waals surface area (Å²) in [4.78, 5) is 12.3. The van der Waals surface area contributed by atoms with Crippen LogP contribution < -0.4 is 14.8 Å². The predicted molar refractivity (Wildman–Crippen MR) is 129 cm³/mol. The van der Waals surface area contributed by atoms with Crippen LogP contribution >= 0.6 is 15.9 Å². The molecule has 1 atom stereocenters. The van der Waals surface area contributed by atoms with Crippen molar-refractivity contribution in [2.75, 3.05) is 11.3 Å². The van der Waals surface area contributed by atoms with E-state index in [1.165, 1.54) is 24.3 Å². The van der Waals surface area contributed by atoms with Crippen molar-refractivity contribution < 1.29 is 17.9 Å². The lowest BCUT2D eigenvalue weighted by molar-refractivity contribution is -0.123. The SMILES string of the molecule is Cc1ccc(C)c(NS(=O)(=O)c2ccc(OCC(=O)N[C@H](C)c3cccc(Br)c3)cc2)c1. The van der Waals surface area contributed by atoms with E-state index in [9.17, 15) is 13.2 Å². The van der Waals surface area contributed by atoms with Gasteiger partial charge in [0.2, 0.25) is 0 Å². The summed E-state index contributed by atoms with van der Waals surface area (Å²) in [5, 5.41) is 2.88. The Morgan fingerprint density at radius 3 is 2.44 bits per heavy atom. The molecule has 168 valence electrons. The molecule has 0 saturated carbocycles. The Bertz CT molecular complexity index is 1210. The molecule has 1 amide bonds. The summed E-state index contributed by atoms with van der Waals surface area (Å²) in [6.45, 7) is 5.46. The monoisotopic (exact) mass is 516 g/mol. The highest BCUT2D eigenvalue weighted by Gasteiger charge is 2.16. The number of amides is 1. The second-order valence-electron chi connectivity index (χ2n) is 7.53. The van der Waals surface area contributed by atoms with E-state index in [0.717, 1.165) is 21.2 Å². The van der Waals surface area contributed by atoms with Crippen LogP contribution in [0, 0.1) is 13.8 Å².